The van der Waals surface area contributed by atoms with Crippen LogP contribution >= 0.6 is 0 Å². The van der Waals surface area contributed by atoms with Gasteiger partial charge in [-0.3, -0.25) is 0 Å². The highest BCUT2D eigenvalue weighted by Crippen LogP contribution is 2.29. The highest BCUT2D eigenvalue weighted by atomic mass is 15.2. The zero-order valence-corrected chi connectivity index (χ0v) is 10.7. The molecule has 0 amide bonds. The van der Waals surface area contributed by atoms with Gasteiger partial charge in [-0.2, -0.15) is 0 Å². The first kappa shape index (κ1) is 11.1. The Hall–Kier alpha value is -1.02. The number of rotatable bonds is 3. The Morgan fingerprint density at radius 2 is 1.88 bits per heavy atom. The SMILES string of the molecule is CCN1CCC(c2ccc(N3CCC3)cc2)C1. The quantitative estimate of drug-likeness (QED) is 0.788. The highest BCUT2D eigenvalue weighted by molar-refractivity contribution is 5.49. The third-order valence-electron chi connectivity index (χ3n) is 4.31. The van der Waals surface area contributed by atoms with Gasteiger partial charge < -0.3 is 9.80 Å². The summed E-state index contributed by atoms with van der Waals surface area (Å²) in [5.41, 5.74) is 2.94. The summed E-state index contributed by atoms with van der Waals surface area (Å²) < 4.78 is 0. The average molecular weight is 230 g/mol. The van der Waals surface area contributed by atoms with Crippen LogP contribution in [0, 0.1) is 0 Å². The number of likely N-dealkylation sites (N-methyl/N-ethyl adjacent to an activating group) is 1. The van der Waals surface area contributed by atoms with Crippen molar-refractivity contribution in [2.45, 2.75) is 25.7 Å². The lowest BCUT2D eigenvalue weighted by atomic mass is 9.98. The monoisotopic (exact) mass is 230 g/mol. The van der Waals surface area contributed by atoms with E-state index in [-0.39, 0.29) is 0 Å². The Bertz CT molecular complexity index is 367. The Kier molecular flexibility index (Phi) is 3.06. The second-order valence-electron chi connectivity index (χ2n) is 5.31. The summed E-state index contributed by atoms with van der Waals surface area (Å²) in [7, 11) is 0. The predicted molar refractivity (Wildman–Crippen MR) is 72.7 cm³/mol. The van der Waals surface area contributed by atoms with Crippen molar-refractivity contribution in [1.82, 2.24) is 4.90 Å². The average Bonchev–Trinajstić information content (AvgIpc) is 2.76. The smallest absolute Gasteiger partial charge is 0.0366 e. The first-order valence-corrected chi connectivity index (χ1v) is 6.94. The molecule has 2 saturated heterocycles. The van der Waals surface area contributed by atoms with E-state index in [1.165, 1.54) is 56.8 Å². The summed E-state index contributed by atoms with van der Waals surface area (Å²) in [6, 6.07) is 9.31. The molecule has 92 valence electrons. The fraction of sp³-hybridized carbons (Fsp3) is 0.600. The molecule has 2 heterocycles. The van der Waals surface area contributed by atoms with Crippen molar-refractivity contribution in [2.24, 2.45) is 0 Å². The van der Waals surface area contributed by atoms with E-state index >= 15 is 0 Å². The van der Waals surface area contributed by atoms with Crippen LogP contribution in [0.25, 0.3) is 0 Å². The van der Waals surface area contributed by atoms with Crippen LogP contribution in [0.2, 0.25) is 0 Å². The van der Waals surface area contributed by atoms with E-state index in [0.29, 0.717) is 0 Å². The minimum absolute atomic E-state index is 0.764. The van der Waals surface area contributed by atoms with Gasteiger partial charge in [0.15, 0.2) is 0 Å². The summed E-state index contributed by atoms with van der Waals surface area (Å²) in [4.78, 5) is 5.00. The van der Waals surface area contributed by atoms with Crippen molar-refractivity contribution >= 4 is 5.69 Å². The van der Waals surface area contributed by atoms with Gasteiger partial charge in [0.25, 0.3) is 0 Å². The number of anilines is 1. The minimum atomic E-state index is 0.764. The molecule has 1 unspecified atom stereocenters. The molecule has 0 aliphatic carbocycles. The molecule has 2 heteroatoms. The molecule has 1 aromatic carbocycles. The van der Waals surface area contributed by atoms with E-state index in [2.05, 4.69) is 41.0 Å². The third kappa shape index (κ3) is 2.19. The van der Waals surface area contributed by atoms with Gasteiger partial charge >= 0.3 is 0 Å². The normalized spacial score (nSPS) is 25.0. The highest BCUT2D eigenvalue weighted by Gasteiger charge is 2.22. The topological polar surface area (TPSA) is 6.48 Å². The molecule has 1 atom stereocenters. The third-order valence-corrected chi connectivity index (χ3v) is 4.31. The zero-order valence-electron chi connectivity index (χ0n) is 10.7. The van der Waals surface area contributed by atoms with Gasteiger partial charge in [-0.15, -0.1) is 0 Å². The van der Waals surface area contributed by atoms with Crippen LogP contribution in [0.15, 0.2) is 24.3 Å². The summed E-state index contributed by atoms with van der Waals surface area (Å²) in [6.07, 6.45) is 2.69. The Morgan fingerprint density at radius 3 is 2.41 bits per heavy atom. The van der Waals surface area contributed by atoms with Gasteiger partial charge in [-0.05, 0) is 49.5 Å². The van der Waals surface area contributed by atoms with Crippen molar-refractivity contribution in [3.05, 3.63) is 29.8 Å². The van der Waals surface area contributed by atoms with E-state index in [4.69, 9.17) is 0 Å². The molecule has 0 N–H and O–H groups in total. The second kappa shape index (κ2) is 4.69. The lowest BCUT2D eigenvalue weighted by molar-refractivity contribution is 0.354. The van der Waals surface area contributed by atoms with Gasteiger partial charge in [0, 0.05) is 25.3 Å². The molecular weight excluding hydrogens is 208 g/mol. The zero-order chi connectivity index (χ0) is 11.7. The van der Waals surface area contributed by atoms with Gasteiger partial charge in [0.1, 0.15) is 0 Å². The standard InChI is InChI=1S/C15H22N2/c1-2-16-11-8-14(12-16)13-4-6-15(7-5-13)17-9-3-10-17/h4-7,14H,2-3,8-12H2,1H3. The molecule has 2 fully saturated rings. The molecule has 0 radical (unpaired) electrons. The lowest BCUT2D eigenvalue weighted by Gasteiger charge is -2.33. The fourth-order valence-electron chi connectivity index (χ4n) is 2.92. The summed E-state index contributed by atoms with van der Waals surface area (Å²) in [5.74, 6) is 0.764. The van der Waals surface area contributed by atoms with Crippen LogP contribution in [0.1, 0.15) is 31.2 Å². The Labute approximate surface area is 104 Å². The molecule has 3 rings (SSSR count). The maximum Gasteiger partial charge on any atom is 0.0366 e. The molecule has 0 saturated carbocycles. The van der Waals surface area contributed by atoms with Crippen molar-refractivity contribution in [1.29, 1.82) is 0 Å². The molecule has 0 spiro atoms. The maximum atomic E-state index is 2.55. The van der Waals surface area contributed by atoms with Gasteiger partial charge in [-0.1, -0.05) is 19.1 Å². The van der Waals surface area contributed by atoms with E-state index in [1.807, 2.05) is 0 Å². The van der Waals surface area contributed by atoms with Gasteiger partial charge in [-0.25, -0.2) is 0 Å². The number of hydrogen-bond acceptors (Lipinski definition) is 2. The second-order valence-corrected chi connectivity index (χ2v) is 5.31. The van der Waals surface area contributed by atoms with Crippen LogP contribution in [0.4, 0.5) is 5.69 Å². The first-order valence-electron chi connectivity index (χ1n) is 6.94. The lowest BCUT2D eigenvalue weighted by Crippen LogP contribution is -2.36. The van der Waals surface area contributed by atoms with Crippen molar-refractivity contribution < 1.29 is 0 Å². The molecule has 17 heavy (non-hydrogen) atoms. The maximum absolute atomic E-state index is 2.55. The van der Waals surface area contributed by atoms with Gasteiger partial charge in [0.05, 0.1) is 0 Å². The van der Waals surface area contributed by atoms with Crippen LogP contribution in [0.5, 0.6) is 0 Å². The van der Waals surface area contributed by atoms with Crippen LogP contribution < -0.4 is 4.90 Å². The Balaban J connectivity index is 1.67. The Morgan fingerprint density at radius 1 is 1.12 bits per heavy atom. The molecule has 2 nitrogen and oxygen atoms in total. The van der Waals surface area contributed by atoms with E-state index in [0.717, 1.165) is 5.92 Å². The van der Waals surface area contributed by atoms with Crippen LogP contribution in [0.3, 0.4) is 0 Å². The largest absolute Gasteiger partial charge is 0.371 e. The summed E-state index contributed by atoms with van der Waals surface area (Å²) in [5, 5.41) is 0. The minimum Gasteiger partial charge on any atom is -0.371 e. The van der Waals surface area contributed by atoms with Crippen molar-refractivity contribution in [2.75, 3.05) is 37.6 Å². The molecule has 0 aromatic heterocycles. The van der Waals surface area contributed by atoms with Crippen molar-refractivity contribution in [3.8, 4) is 0 Å². The number of likely N-dealkylation sites (tertiary alicyclic amines) is 1. The first-order chi connectivity index (χ1) is 8.36. The summed E-state index contributed by atoms with van der Waals surface area (Å²) in [6.45, 7) is 8.46. The molecule has 2 aliphatic heterocycles. The molecule has 0 bridgehead atoms. The van der Waals surface area contributed by atoms with E-state index < -0.39 is 0 Å². The number of nitrogens with zero attached hydrogens (tertiary/aromatic N) is 2. The predicted octanol–water partition coefficient (Wildman–Crippen LogP) is 2.71. The number of hydrogen-bond donors (Lipinski definition) is 0. The molecule has 1 aromatic rings. The van der Waals surface area contributed by atoms with Crippen LogP contribution in [-0.2, 0) is 0 Å². The van der Waals surface area contributed by atoms with E-state index in [9.17, 15) is 0 Å². The van der Waals surface area contributed by atoms with Crippen LogP contribution in [-0.4, -0.2) is 37.6 Å². The van der Waals surface area contributed by atoms with Crippen molar-refractivity contribution in [3.63, 3.8) is 0 Å². The molecular formula is C15H22N2. The fourth-order valence-corrected chi connectivity index (χ4v) is 2.92. The van der Waals surface area contributed by atoms with E-state index in [1.54, 1.807) is 0 Å². The molecule has 2 aliphatic rings. The summed E-state index contributed by atoms with van der Waals surface area (Å²) >= 11 is 0. The van der Waals surface area contributed by atoms with Gasteiger partial charge in [0.2, 0.25) is 0 Å². The number of benzene rings is 1.